The Hall–Kier alpha value is -2.74. The summed E-state index contributed by atoms with van der Waals surface area (Å²) in [4.78, 5) is 22.7. The lowest BCUT2D eigenvalue weighted by molar-refractivity contribution is 0.0989. The van der Waals surface area contributed by atoms with Crippen LogP contribution in [0.2, 0.25) is 0 Å². The van der Waals surface area contributed by atoms with Crippen LogP contribution in [0.5, 0.6) is 0 Å². The monoisotopic (exact) mass is 317 g/mol. The van der Waals surface area contributed by atoms with Gasteiger partial charge in [0.1, 0.15) is 5.69 Å². The molecular weight excluding hydrogens is 302 g/mol. The summed E-state index contributed by atoms with van der Waals surface area (Å²) >= 11 is 5.19. The predicted molar refractivity (Wildman–Crippen MR) is 88.0 cm³/mol. The fourth-order valence-electron chi connectivity index (χ4n) is 1.92. The number of nitrogens with two attached hydrogens (primary N) is 1. The maximum Gasteiger partial charge on any atom is 0.269 e. The van der Waals surface area contributed by atoms with Crippen LogP contribution in [0.3, 0.4) is 0 Å². The first-order chi connectivity index (χ1) is 10.4. The second-order valence-electron chi connectivity index (χ2n) is 4.61. The minimum Gasteiger partial charge on any atom is -0.364 e. The largest absolute Gasteiger partial charge is 0.364 e. The fraction of sp³-hybridized carbons (Fsp3) is 0.143. The first-order valence-electron chi connectivity index (χ1n) is 6.39. The van der Waals surface area contributed by atoms with Crippen molar-refractivity contribution >= 4 is 40.4 Å². The van der Waals surface area contributed by atoms with Crippen LogP contribution in [-0.2, 0) is 7.05 Å². The highest BCUT2D eigenvalue weighted by atomic mass is 32.1. The molecule has 0 fully saturated rings. The van der Waals surface area contributed by atoms with Gasteiger partial charge < -0.3 is 16.4 Å². The Bertz CT molecular complexity index is 753. The van der Waals surface area contributed by atoms with Crippen LogP contribution in [0.25, 0.3) is 0 Å². The molecular formula is C14H15N5O2S. The van der Waals surface area contributed by atoms with E-state index >= 15 is 0 Å². The SMILES string of the molecule is CC(=O)c1cccc(NC(=S)Nc2cnn(C)c2C(N)=O)c1. The zero-order valence-electron chi connectivity index (χ0n) is 12.1. The first kappa shape index (κ1) is 15.6. The van der Waals surface area contributed by atoms with E-state index in [2.05, 4.69) is 15.7 Å². The van der Waals surface area contributed by atoms with Crippen molar-refractivity contribution in [3.63, 3.8) is 0 Å². The van der Waals surface area contributed by atoms with Gasteiger partial charge in [0.05, 0.1) is 11.9 Å². The maximum absolute atomic E-state index is 11.4. The average molecular weight is 317 g/mol. The molecule has 0 aliphatic carbocycles. The number of thiocarbonyl (C=S) groups is 1. The molecule has 0 radical (unpaired) electrons. The van der Waals surface area contributed by atoms with Crippen molar-refractivity contribution in [3.8, 4) is 0 Å². The number of rotatable bonds is 4. The molecule has 0 spiro atoms. The van der Waals surface area contributed by atoms with Gasteiger partial charge in [-0.2, -0.15) is 5.10 Å². The van der Waals surface area contributed by atoms with Crippen LogP contribution < -0.4 is 16.4 Å². The Morgan fingerprint density at radius 1 is 1.32 bits per heavy atom. The number of Topliss-reactive ketones (excluding diaryl/α,β-unsaturated/α-hetero) is 1. The average Bonchev–Trinajstić information content (AvgIpc) is 2.79. The number of nitrogens with one attached hydrogen (secondary N) is 2. The number of carbonyl (C=O) groups is 2. The number of aromatic nitrogens is 2. The maximum atomic E-state index is 11.4. The number of hydrogen-bond donors (Lipinski definition) is 3. The standard InChI is InChI=1S/C14H15N5O2S/c1-8(20)9-4-3-5-10(6-9)17-14(22)18-11-7-16-19(2)12(11)13(15)21/h3-7H,1-2H3,(H2,15,21)(H2,17,18,22). The lowest BCUT2D eigenvalue weighted by atomic mass is 10.1. The Kier molecular flexibility index (Phi) is 4.52. The van der Waals surface area contributed by atoms with Gasteiger partial charge in [-0.15, -0.1) is 0 Å². The molecule has 0 bridgehead atoms. The molecule has 7 nitrogen and oxygen atoms in total. The third kappa shape index (κ3) is 3.47. The summed E-state index contributed by atoms with van der Waals surface area (Å²) in [5.74, 6) is -0.644. The highest BCUT2D eigenvalue weighted by Crippen LogP contribution is 2.15. The van der Waals surface area contributed by atoms with E-state index in [-0.39, 0.29) is 16.6 Å². The minimum absolute atomic E-state index is 0.0363. The van der Waals surface area contributed by atoms with Crippen LogP contribution >= 0.6 is 12.2 Å². The molecule has 22 heavy (non-hydrogen) atoms. The zero-order chi connectivity index (χ0) is 16.3. The second-order valence-corrected chi connectivity index (χ2v) is 5.02. The van der Waals surface area contributed by atoms with Gasteiger partial charge in [-0.3, -0.25) is 14.3 Å². The van der Waals surface area contributed by atoms with Crippen molar-refractivity contribution in [1.29, 1.82) is 0 Å². The van der Waals surface area contributed by atoms with Crippen molar-refractivity contribution in [3.05, 3.63) is 41.7 Å². The number of primary amides is 1. The van der Waals surface area contributed by atoms with Crippen LogP contribution in [0.4, 0.5) is 11.4 Å². The van der Waals surface area contributed by atoms with Crippen LogP contribution in [0.15, 0.2) is 30.5 Å². The lowest BCUT2D eigenvalue weighted by Gasteiger charge is -2.11. The molecule has 0 aliphatic heterocycles. The van der Waals surface area contributed by atoms with E-state index in [9.17, 15) is 9.59 Å². The van der Waals surface area contributed by atoms with Crippen molar-refractivity contribution in [1.82, 2.24) is 9.78 Å². The number of ketones is 1. The molecule has 114 valence electrons. The van der Waals surface area contributed by atoms with E-state index < -0.39 is 5.91 Å². The van der Waals surface area contributed by atoms with Crippen molar-refractivity contribution in [2.24, 2.45) is 12.8 Å². The molecule has 0 atom stereocenters. The van der Waals surface area contributed by atoms with Gasteiger partial charge >= 0.3 is 0 Å². The van der Waals surface area contributed by atoms with E-state index in [1.165, 1.54) is 17.8 Å². The Balaban J connectivity index is 2.12. The second kappa shape index (κ2) is 6.35. The molecule has 8 heteroatoms. The van der Waals surface area contributed by atoms with Crippen molar-refractivity contribution < 1.29 is 9.59 Å². The van der Waals surface area contributed by atoms with Gasteiger partial charge in [-0.25, -0.2) is 0 Å². The molecule has 1 aromatic carbocycles. The smallest absolute Gasteiger partial charge is 0.269 e. The molecule has 2 aromatic rings. The summed E-state index contributed by atoms with van der Waals surface area (Å²) in [5.41, 5.74) is 7.17. The predicted octanol–water partition coefficient (Wildman–Crippen LogP) is 1.53. The third-order valence-electron chi connectivity index (χ3n) is 2.95. The highest BCUT2D eigenvalue weighted by Gasteiger charge is 2.14. The van der Waals surface area contributed by atoms with E-state index in [1.54, 1.807) is 31.3 Å². The number of carbonyl (C=O) groups excluding carboxylic acids is 2. The number of anilines is 2. The normalized spacial score (nSPS) is 10.1. The van der Waals surface area contributed by atoms with Crippen LogP contribution in [0.1, 0.15) is 27.8 Å². The number of benzene rings is 1. The molecule has 0 saturated heterocycles. The summed E-state index contributed by atoms with van der Waals surface area (Å²) in [7, 11) is 1.61. The Morgan fingerprint density at radius 3 is 2.68 bits per heavy atom. The Labute approximate surface area is 132 Å². The summed E-state index contributed by atoms with van der Waals surface area (Å²) < 4.78 is 1.36. The van der Waals surface area contributed by atoms with Crippen LogP contribution in [0, 0.1) is 0 Å². The van der Waals surface area contributed by atoms with Gasteiger partial charge in [0.2, 0.25) is 0 Å². The lowest BCUT2D eigenvalue weighted by Crippen LogP contribution is -2.23. The van der Waals surface area contributed by atoms with Gasteiger partial charge in [-0.1, -0.05) is 12.1 Å². The number of hydrogen-bond acceptors (Lipinski definition) is 4. The van der Waals surface area contributed by atoms with E-state index in [0.29, 0.717) is 16.9 Å². The fourth-order valence-corrected chi connectivity index (χ4v) is 2.15. The molecule has 0 unspecified atom stereocenters. The molecule has 1 amide bonds. The van der Waals surface area contributed by atoms with Gasteiger partial charge in [0.25, 0.3) is 5.91 Å². The number of aryl methyl sites for hydroxylation is 1. The van der Waals surface area contributed by atoms with E-state index in [0.717, 1.165) is 0 Å². The Morgan fingerprint density at radius 2 is 2.05 bits per heavy atom. The molecule has 0 saturated carbocycles. The molecule has 1 heterocycles. The quantitative estimate of drug-likeness (QED) is 0.584. The summed E-state index contributed by atoms with van der Waals surface area (Å²) in [6.45, 7) is 1.49. The topological polar surface area (TPSA) is 102 Å². The molecule has 4 N–H and O–H groups in total. The minimum atomic E-state index is -0.608. The third-order valence-corrected chi connectivity index (χ3v) is 3.15. The molecule has 1 aromatic heterocycles. The zero-order valence-corrected chi connectivity index (χ0v) is 12.9. The van der Waals surface area contributed by atoms with Crippen molar-refractivity contribution in [2.45, 2.75) is 6.92 Å². The van der Waals surface area contributed by atoms with E-state index in [1.807, 2.05) is 0 Å². The van der Waals surface area contributed by atoms with E-state index in [4.69, 9.17) is 18.0 Å². The highest BCUT2D eigenvalue weighted by molar-refractivity contribution is 7.80. The summed E-state index contributed by atoms with van der Waals surface area (Å²) in [6.07, 6.45) is 1.46. The molecule has 2 rings (SSSR count). The first-order valence-corrected chi connectivity index (χ1v) is 6.80. The van der Waals surface area contributed by atoms with Gasteiger partial charge in [0.15, 0.2) is 10.9 Å². The number of amides is 1. The molecule has 0 aliphatic rings. The summed E-state index contributed by atoms with van der Waals surface area (Å²) in [6, 6.07) is 6.93. The van der Waals surface area contributed by atoms with Gasteiger partial charge in [-0.05, 0) is 31.3 Å². The van der Waals surface area contributed by atoms with Crippen molar-refractivity contribution in [2.75, 3.05) is 10.6 Å². The van der Waals surface area contributed by atoms with Crippen LogP contribution in [-0.4, -0.2) is 26.6 Å². The van der Waals surface area contributed by atoms with Gasteiger partial charge in [0, 0.05) is 18.3 Å². The number of nitrogens with zero attached hydrogens (tertiary/aromatic N) is 2. The summed E-state index contributed by atoms with van der Waals surface area (Å²) in [5, 5.41) is 10.0.